The average Bonchev–Trinajstić information content (AvgIpc) is 3.27. The Labute approximate surface area is 128 Å². The van der Waals surface area contributed by atoms with E-state index in [0.29, 0.717) is 0 Å². The quantitative estimate of drug-likeness (QED) is 0.832. The van der Waals surface area contributed by atoms with E-state index in [-0.39, 0.29) is 0 Å². The summed E-state index contributed by atoms with van der Waals surface area (Å²) in [5, 5.41) is 0. The van der Waals surface area contributed by atoms with Crippen LogP contribution in [0.1, 0.15) is 24.0 Å². The second kappa shape index (κ2) is 5.98. The topological polar surface area (TPSA) is 29.3 Å². The highest BCUT2D eigenvalue weighted by molar-refractivity contribution is 9.10. The van der Waals surface area contributed by atoms with Crippen molar-refractivity contribution in [2.45, 2.75) is 32.0 Å². The molecule has 2 aromatic rings. The molecule has 0 aromatic heterocycles. The van der Waals surface area contributed by atoms with Crippen molar-refractivity contribution in [1.29, 1.82) is 0 Å². The molecule has 0 aliphatic heterocycles. The lowest BCUT2D eigenvalue weighted by atomic mass is 10.1. The van der Waals surface area contributed by atoms with Crippen molar-refractivity contribution in [1.82, 2.24) is 4.90 Å². The fourth-order valence-corrected chi connectivity index (χ4v) is 2.70. The molecule has 104 valence electrons. The van der Waals surface area contributed by atoms with Crippen LogP contribution in [0.4, 0.5) is 5.69 Å². The third-order valence-electron chi connectivity index (χ3n) is 3.73. The molecule has 0 radical (unpaired) electrons. The fourth-order valence-electron chi connectivity index (χ4n) is 2.44. The van der Waals surface area contributed by atoms with Gasteiger partial charge in [-0.15, -0.1) is 0 Å². The molecule has 0 bridgehead atoms. The van der Waals surface area contributed by atoms with Crippen molar-refractivity contribution in [3.63, 3.8) is 0 Å². The zero-order valence-electron chi connectivity index (χ0n) is 11.4. The van der Waals surface area contributed by atoms with E-state index < -0.39 is 0 Å². The van der Waals surface area contributed by atoms with Crippen LogP contribution < -0.4 is 5.73 Å². The molecule has 0 heterocycles. The molecule has 1 fully saturated rings. The van der Waals surface area contributed by atoms with Gasteiger partial charge in [-0.2, -0.15) is 0 Å². The number of nitrogen functional groups attached to an aromatic ring is 1. The Morgan fingerprint density at radius 1 is 0.900 bits per heavy atom. The number of nitrogens with two attached hydrogens (primary N) is 1. The molecule has 2 nitrogen and oxygen atoms in total. The molecule has 0 atom stereocenters. The minimum atomic E-state index is 0.746. The van der Waals surface area contributed by atoms with Crippen LogP contribution in [0, 0.1) is 0 Å². The van der Waals surface area contributed by atoms with Crippen molar-refractivity contribution in [3.05, 3.63) is 64.1 Å². The Morgan fingerprint density at radius 3 is 1.90 bits per heavy atom. The highest BCUT2D eigenvalue weighted by Gasteiger charge is 2.28. The zero-order valence-corrected chi connectivity index (χ0v) is 13.0. The van der Waals surface area contributed by atoms with E-state index in [1.807, 2.05) is 12.1 Å². The number of nitrogens with zero attached hydrogens (tertiary/aromatic N) is 1. The predicted octanol–water partition coefficient (Wildman–Crippen LogP) is 4.20. The number of rotatable bonds is 5. The highest BCUT2D eigenvalue weighted by atomic mass is 79.9. The van der Waals surface area contributed by atoms with Crippen LogP contribution in [0.5, 0.6) is 0 Å². The third kappa shape index (κ3) is 3.62. The normalized spacial score (nSPS) is 14.7. The molecule has 3 rings (SSSR count). The van der Waals surface area contributed by atoms with E-state index in [1.54, 1.807) is 0 Å². The smallest absolute Gasteiger partial charge is 0.0314 e. The van der Waals surface area contributed by atoms with Crippen LogP contribution in [0.25, 0.3) is 0 Å². The highest BCUT2D eigenvalue weighted by Crippen LogP contribution is 2.30. The minimum absolute atomic E-state index is 0.746. The lowest BCUT2D eigenvalue weighted by Crippen LogP contribution is -2.25. The Morgan fingerprint density at radius 2 is 1.40 bits per heavy atom. The Hall–Kier alpha value is -1.32. The molecule has 0 amide bonds. The predicted molar refractivity (Wildman–Crippen MR) is 87.3 cm³/mol. The summed E-state index contributed by atoms with van der Waals surface area (Å²) < 4.78 is 1.14. The summed E-state index contributed by atoms with van der Waals surface area (Å²) in [7, 11) is 0. The van der Waals surface area contributed by atoms with Gasteiger partial charge in [-0.1, -0.05) is 40.2 Å². The fraction of sp³-hybridized carbons (Fsp3) is 0.294. The molecular weight excluding hydrogens is 312 g/mol. The van der Waals surface area contributed by atoms with Crippen LogP contribution in [-0.2, 0) is 13.1 Å². The van der Waals surface area contributed by atoms with Gasteiger partial charge in [-0.3, -0.25) is 4.90 Å². The molecule has 0 unspecified atom stereocenters. The summed E-state index contributed by atoms with van der Waals surface area (Å²) in [6, 6.07) is 17.6. The largest absolute Gasteiger partial charge is 0.399 e. The maximum atomic E-state index is 5.75. The molecule has 3 heteroatoms. The standard InChI is InChI=1S/C17H19BrN2/c18-15-5-1-13(2-6-15)11-20(17-9-10-17)12-14-3-7-16(19)8-4-14/h1-8,17H,9-12,19H2. The molecule has 2 aromatic carbocycles. The monoisotopic (exact) mass is 330 g/mol. The van der Waals surface area contributed by atoms with Crippen LogP contribution in [0.15, 0.2) is 53.0 Å². The SMILES string of the molecule is Nc1ccc(CN(Cc2ccc(Br)cc2)C2CC2)cc1. The Kier molecular flexibility index (Phi) is 4.08. The van der Waals surface area contributed by atoms with Gasteiger partial charge in [0.15, 0.2) is 0 Å². The third-order valence-corrected chi connectivity index (χ3v) is 4.26. The maximum Gasteiger partial charge on any atom is 0.0314 e. The van der Waals surface area contributed by atoms with Crippen molar-refractivity contribution < 1.29 is 0 Å². The first-order chi connectivity index (χ1) is 9.70. The zero-order chi connectivity index (χ0) is 13.9. The minimum Gasteiger partial charge on any atom is -0.399 e. The van der Waals surface area contributed by atoms with Crippen LogP contribution in [0.2, 0.25) is 0 Å². The van der Waals surface area contributed by atoms with Crippen LogP contribution >= 0.6 is 15.9 Å². The van der Waals surface area contributed by atoms with Gasteiger partial charge in [0.1, 0.15) is 0 Å². The van der Waals surface area contributed by atoms with Crippen LogP contribution in [-0.4, -0.2) is 10.9 Å². The van der Waals surface area contributed by atoms with E-state index in [1.165, 1.54) is 24.0 Å². The summed E-state index contributed by atoms with van der Waals surface area (Å²) in [4.78, 5) is 2.56. The van der Waals surface area contributed by atoms with Gasteiger partial charge in [0.05, 0.1) is 0 Å². The molecule has 20 heavy (non-hydrogen) atoms. The first-order valence-corrected chi connectivity index (χ1v) is 7.83. The molecule has 1 saturated carbocycles. The molecule has 1 aliphatic rings. The number of benzene rings is 2. The van der Waals surface area contributed by atoms with Crippen LogP contribution in [0.3, 0.4) is 0 Å². The molecule has 2 N–H and O–H groups in total. The van der Waals surface area contributed by atoms with Crippen molar-refractivity contribution in [2.24, 2.45) is 0 Å². The Bertz CT molecular complexity index is 511. The van der Waals surface area contributed by atoms with E-state index in [0.717, 1.165) is 29.3 Å². The van der Waals surface area contributed by atoms with Gasteiger partial charge < -0.3 is 5.73 Å². The van der Waals surface area contributed by atoms with Gasteiger partial charge in [-0.05, 0) is 48.2 Å². The lowest BCUT2D eigenvalue weighted by Gasteiger charge is -2.22. The van der Waals surface area contributed by atoms with Crippen molar-refractivity contribution in [3.8, 4) is 0 Å². The molecular formula is C17H19BrN2. The number of hydrogen-bond donors (Lipinski definition) is 1. The summed E-state index contributed by atoms with van der Waals surface area (Å²) in [6.45, 7) is 2.02. The summed E-state index contributed by atoms with van der Waals surface area (Å²) >= 11 is 3.49. The lowest BCUT2D eigenvalue weighted by molar-refractivity contribution is 0.246. The summed E-state index contributed by atoms with van der Waals surface area (Å²) in [5.74, 6) is 0. The first kappa shape index (κ1) is 13.7. The van der Waals surface area contributed by atoms with Crippen molar-refractivity contribution in [2.75, 3.05) is 5.73 Å². The summed E-state index contributed by atoms with van der Waals surface area (Å²) in [6.07, 6.45) is 2.65. The van der Waals surface area contributed by atoms with E-state index in [4.69, 9.17) is 5.73 Å². The number of hydrogen-bond acceptors (Lipinski definition) is 2. The first-order valence-electron chi connectivity index (χ1n) is 7.03. The molecule has 1 aliphatic carbocycles. The second-order valence-electron chi connectivity index (χ2n) is 5.50. The second-order valence-corrected chi connectivity index (χ2v) is 6.42. The van der Waals surface area contributed by atoms with E-state index in [2.05, 4.69) is 57.2 Å². The summed E-state index contributed by atoms with van der Waals surface area (Å²) in [5.41, 5.74) is 9.29. The van der Waals surface area contributed by atoms with Gasteiger partial charge in [0.25, 0.3) is 0 Å². The molecule has 0 spiro atoms. The van der Waals surface area contributed by atoms with Crippen molar-refractivity contribution >= 4 is 21.6 Å². The number of halogens is 1. The average molecular weight is 331 g/mol. The van der Waals surface area contributed by atoms with Gasteiger partial charge in [0, 0.05) is 29.3 Å². The maximum absolute atomic E-state index is 5.75. The van der Waals surface area contributed by atoms with Gasteiger partial charge >= 0.3 is 0 Å². The Balaban J connectivity index is 1.69. The number of anilines is 1. The van der Waals surface area contributed by atoms with E-state index in [9.17, 15) is 0 Å². The molecule has 0 saturated heterocycles. The van der Waals surface area contributed by atoms with Gasteiger partial charge in [-0.25, -0.2) is 0 Å². The van der Waals surface area contributed by atoms with E-state index >= 15 is 0 Å². The van der Waals surface area contributed by atoms with Gasteiger partial charge in [0.2, 0.25) is 0 Å².